The average molecular weight is 479 g/mol. The molecule has 0 atom stereocenters. The normalized spacial score (nSPS) is 14.6. The molecule has 0 saturated carbocycles. The highest BCUT2D eigenvalue weighted by molar-refractivity contribution is 5.92. The highest BCUT2D eigenvalue weighted by Crippen LogP contribution is 2.25. The monoisotopic (exact) mass is 478 g/mol. The van der Waals surface area contributed by atoms with Crippen LogP contribution in [0.15, 0.2) is 67.0 Å². The van der Waals surface area contributed by atoms with Crippen molar-refractivity contribution in [2.24, 2.45) is 0 Å². The van der Waals surface area contributed by atoms with E-state index in [4.69, 9.17) is 15.1 Å². The number of anilines is 2. The molecular formula is C28H30N8. The standard InChI is InChI=1S/C28H30N8/c1-20-7-5-11-25(21(20)2)35-17-15-34(16-18-35)14-13-30-28-31-24-10-4-3-9-23(24)27-32-26(33-36(27)28)22-8-6-12-29-19-22/h3-12,19H,13-18H2,1-2H3,(H,30,31). The van der Waals surface area contributed by atoms with Crippen LogP contribution in [0.25, 0.3) is 27.9 Å². The van der Waals surface area contributed by atoms with Gasteiger partial charge in [0.25, 0.3) is 0 Å². The van der Waals surface area contributed by atoms with Gasteiger partial charge in [0.1, 0.15) is 0 Å². The van der Waals surface area contributed by atoms with Crippen LogP contribution in [0.5, 0.6) is 0 Å². The number of nitrogens with one attached hydrogen (secondary N) is 1. The predicted octanol–water partition coefficient (Wildman–Crippen LogP) is 4.19. The van der Waals surface area contributed by atoms with Gasteiger partial charge in [0.05, 0.1) is 5.52 Å². The third-order valence-corrected chi connectivity index (χ3v) is 7.10. The summed E-state index contributed by atoms with van der Waals surface area (Å²) in [5, 5.41) is 9.29. The SMILES string of the molecule is Cc1cccc(N2CCN(CCNc3nc4ccccc4c4nc(-c5cccnc5)nn34)CC2)c1C. The van der Waals surface area contributed by atoms with Crippen LogP contribution in [0.3, 0.4) is 0 Å². The molecule has 1 saturated heterocycles. The number of benzene rings is 2. The van der Waals surface area contributed by atoms with Crippen LogP contribution < -0.4 is 10.2 Å². The number of pyridine rings is 1. The van der Waals surface area contributed by atoms with Crippen LogP contribution in [-0.4, -0.2) is 68.7 Å². The summed E-state index contributed by atoms with van der Waals surface area (Å²) in [6.45, 7) is 10.3. The van der Waals surface area contributed by atoms with E-state index in [0.29, 0.717) is 11.8 Å². The number of hydrogen-bond acceptors (Lipinski definition) is 7. The lowest BCUT2D eigenvalue weighted by Gasteiger charge is -2.37. The molecule has 6 rings (SSSR count). The maximum absolute atomic E-state index is 4.87. The third-order valence-electron chi connectivity index (χ3n) is 7.10. The molecule has 8 nitrogen and oxygen atoms in total. The van der Waals surface area contributed by atoms with E-state index in [-0.39, 0.29) is 0 Å². The number of nitrogens with zero attached hydrogens (tertiary/aromatic N) is 7. The first kappa shape index (κ1) is 22.4. The van der Waals surface area contributed by atoms with E-state index in [1.165, 1.54) is 16.8 Å². The molecule has 0 bridgehead atoms. The van der Waals surface area contributed by atoms with Crippen molar-refractivity contribution in [3.8, 4) is 11.4 Å². The minimum atomic E-state index is 0.645. The molecule has 0 amide bonds. The van der Waals surface area contributed by atoms with Crippen molar-refractivity contribution in [2.45, 2.75) is 13.8 Å². The molecule has 1 N–H and O–H groups in total. The smallest absolute Gasteiger partial charge is 0.226 e. The van der Waals surface area contributed by atoms with E-state index in [1.54, 1.807) is 12.4 Å². The van der Waals surface area contributed by atoms with Crippen molar-refractivity contribution in [3.05, 3.63) is 78.1 Å². The molecule has 2 aromatic carbocycles. The Morgan fingerprint density at radius 1 is 0.889 bits per heavy atom. The Kier molecular flexibility index (Phi) is 5.95. The molecule has 3 aromatic heterocycles. The van der Waals surface area contributed by atoms with Gasteiger partial charge in [-0.25, -0.2) is 9.97 Å². The van der Waals surface area contributed by atoms with Crippen LogP contribution in [0.1, 0.15) is 11.1 Å². The van der Waals surface area contributed by atoms with E-state index in [0.717, 1.165) is 61.4 Å². The predicted molar refractivity (Wildman–Crippen MR) is 145 cm³/mol. The van der Waals surface area contributed by atoms with Crippen LogP contribution in [0.2, 0.25) is 0 Å². The Bertz CT molecular complexity index is 1500. The third kappa shape index (κ3) is 4.24. The summed E-state index contributed by atoms with van der Waals surface area (Å²) >= 11 is 0. The first-order chi connectivity index (χ1) is 17.7. The second-order valence-corrected chi connectivity index (χ2v) is 9.34. The van der Waals surface area contributed by atoms with Crippen molar-refractivity contribution >= 4 is 28.2 Å². The quantitative estimate of drug-likeness (QED) is 0.392. The molecule has 1 aliphatic heterocycles. The van der Waals surface area contributed by atoms with Crippen LogP contribution in [-0.2, 0) is 0 Å². The number of aromatic nitrogens is 5. The second kappa shape index (κ2) is 9.54. The molecule has 8 heteroatoms. The van der Waals surface area contributed by atoms with Crippen molar-refractivity contribution in [2.75, 3.05) is 49.5 Å². The number of aryl methyl sites for hydroxylation is 1. The van der Waals surface area contributed by atoms with Gasteiger partial charge in [0.2, 0.25) is 5.95 Å². The molecule has 0 unspecified atom stereocenters. The van der Waals surface area contributed by atoms with E-state index in [2.05, 4.69) is 52.1 Å². The molecule has 36 heavy (non-hydrogen) atoms. The zero-order valence-electron chi connectivity index (χ0n) is 20.7. The van der Waals surface area contributed by atoms with E-state index >= 15 is 0 Å². The number of hydrogen-bond donors (Lipinski definition) is 1. The van der Waals surface area contributed by atoms with Gasteiger partial charge in [-0.1, -0.05) is 24.3 Å². The minimum Gasteiger partial charge on any atom is -0.369 e. The average Bonchev–Trinajstić information content (AvgIpc) is 3.38. The first-order valence-corrected chi connectivity index (χ1v) is 12.5. The number of para-hydroxylation sites is 1. The highest BCUT2D eigenvalue weighted by atomic mass is 15.4. The van der Waals surface area contributed by atoms with E-state index in [9.17, 15) is 0 Å². The van der Waals surface area contributed by atoms with Gasteiger partial charge in [-0.15, -0.1) is 5.10 Å². The lowest BCUT2D eigenvalue weighted by atomic mass is 10.1. The largest absolute Gasteiger partial charge is 0.369 e. The molecule has 5 aromatic rings. The molecule has 1 aliphatic rings. The Hall–Kier alpha value is -4.04. The fourth-order valence-corrected chi connectivity index (χ4v) is 4.90. The van der Waals surface area contributed by atoms with Crippen molar-refractivity contribution < 1.29 is 0 Å². The zero-order valence-corrected chi connectivity index (χ0v) is 20.7. The van der Waals surface area contributed by atoms with Crippen molar-refractivity contribution in [3.63, 3.8) is 0 Å². The summed E-state index contributed by atoms with van der Waals surface area (Å²) in [6.07, 6.45) is 3.54. The summed E-state index contributed by atoms with van der Waals surface area (Å²) in [5.41, 5.74) is 6.69. The van der Waals surface area contributed by atoms with Crippen LogP contribution in [0.4, 0.5) is 11.6 Å². The zero-order chi connectivity index (χ0) is 24.5. The van der Waals surface area contributed by atoms with Gasteiger partial charge in [-0.3, -0.25) is 9.88 Å². The molecular weight excluding hydrogens is 448 g/mol. The molecule has 0 aliphatic carbocycles. The lowest BCUT2D eigenvalue weighted by molar-refractivity contribution is 0.267. The molecule has 1 fully saturated rings. The Balaban J connectivity index is 1.17. The molecule has 4 heterocycles. The molecule has 0 radical (unpaired) electrons. The number of fused-ring (bicyclic) bond motifs is 3. The minimum absolute atomic E-state index is 0.645. The Morgan fingerprint density at radius 3 is 2.58 bits per heavy atom. The molecule has 182 valence electrons. The highest BCUT2D eigenvalue weighted by Gasteiger charge is 2.19. The van der Waals surface area contributed by atoms with Gasteiger partial charge in [0.15, 0.2) is 11.5 Å². The summed E-state index contributed by atoms with van der Waals surface area (Å²) in [4.78, 5) is 18.9. The van der Waals surface area contributed by atoms with Gasteiger partial charge < -0.3 is 10.2 Å². The maximum Gasteiger partial charge on any atom is 0.226 e. The number of rotatable bonds is 6. The van der Waals surface area contributed by atoms with Gasteiger partial charge in [0, 0.05) is 68.3 Å². The Labute approximate surface area is 210 Å². The van der Waals surface area contributed by atoms with Gasteiger partial charge in [-0.2, -0.15) is 4.52 Å². The van der Waals surface area contributed by atoms with E-state index in [1.807, 2.05) is 40.9 Å². The Morgan fingerprint density at radius 2 is 1.75 bits per heavy atom. The van der Waals surface area contributed by atoms with Crippen molar-refractivity contribution in [1.82, 2.24) is 29.5 Å². The lowest BCUT2D eigenvalue weighted by Crippen LogP contribution is -2.47. The second-order valence-electron chi connectivity index (χ2n) is 9.34. The van der Waals surface area contributed by atoms with Crippen molar-refractivity contribution in [1.29, 1.82) is 0 Å². The fourth-order valence-electron chi connectivity index (χ4n) is 4.90. The van der Waals surface area contributed by atoms with Crippen LogP contribution >= 0.6 is 0 Å². The summed E-state index contributed by atoms with van der Waals surface area (Å²) in [5.74, 6) is 1.35. The number of piperazine rings is 1. The van der Waals surface area contributed by atoms with Gasteiger partial charge >= 0.3 is 0 Å². The van der Waals surface area contributed by atoms with E-state index < -0.39 is 0 Å². The van der Waals surface area contributed by atoms with Crippen LogP contribution in [0, 0.1) is 13.8 Å². The fraction of sp³-hybridized carbons (Fsp3) is 0.286. The molecule has 0 spiro atoms. The summed E-state index contributed by atoms with van der Waals surface area (Å²) in [7, 11) is 0. The maximum atomic E-state index is 4.87. The topological polar surface area (TPSA) is 74.5 Å². The summed E-state index contributed by atoms with van der Waals surface area (Å²) in [6, 6.07) is 18.5. The van der Waals surface area contributed by atoms with Gasteiger partial charge in [-0.05, 0) is 55.3 Å². The first-order valence-electron chi connectivity index (χ1n) is 12.5. The summed E-state index contributed by atoms with van der Waals surface area (Å²) < 4.78 is 1.82.